The molecule has 1 aromatic heterocycles. The summed E-state index contributed by atoms with van der Waals surface area (Å²) in [7, 11) is 0. The first-order valence-electron chi connectivity index (χ1n) is 10.7. The Morgan fingerprint density at radius 1 is 1.24 bits per heavy atom. The number of carbonyl (C=O) groups excluding carboxylic acids is 2. The summed E-state index contributed by atoms with van der Waals surface area (Å²) in [5.74, 6) is 1.31. The predicted octanol–water partition coefficient (Wildman–Crippen LogP) is 5.22. The lowest BCUT2D eigenvalue weighted by Gasteiger charge is -2.26. The highest BCUT2D eigenvalue weighted by Crippen LogP contribution is 2.36. The predicted molar refractivity (Wildman–Crippen MR) is 129 cm³/mol. The third-order valence-electron chi connectivity index (χ3n) is 5.10. The number of thiazole rings is 1. The minimum absolute atomic E-state index is 0.0736. The SMILES string of the molecule is CC(=O)NC1CCOc2ccc(-c3csc(NC(=O)CCCOc4ccc(Cl)cc4)n3)cc21. The molecular formula is C24H24ClN3O4S. The Kier molecular flexibility index (Phi) is 7.47. The summed E-state index contributed by atoms with van der Waals surface area (Å²) < 4.78 is 11.3. The van der Waals surface area contributed by atoms with Crippen LogP contribution in [-0.4, -0.2) is 30.0 Å². The van der Waals surface area contributed by atoms with E-state index < -0.39 is 0 Å². The number of fused-ring (bicyclic) bond motifs is 1. The number of rotatable bonds is 8. The third-order valence-corrected chi connectivity index (χ3v) is 6.11. The normalized spacial score (nSPS) is 14.7. The van der Waals surface area contributed by atoms with Crippen molar-refractivity contribution in [1.82, 2.24) is 10.3 Å². The number of amides is 2. The first-order chi connectivity index (χ1) is 16.0. The molecule has 7 nitrogen and oxygen atoms in total. The van der Waals surface area contributed by atoms with Crippen LogP contribution in [0.15, 0.2) is 47.8 Å². The largest absolute Gasteiger partial charge is 0.494 e. The summed E-state index contributed by atoms with van der Waals surface area (Å²) in [5.41, 5.74) is 2.60. The lowest BCUT2D eigenvalue weighted by Crippen LogP contribution is -2.30. The Morgan fingerprint density at radius 2 is 2.06 bits per heavy atom. The number of ether oxygens (including phenoxy) is 2. The van der Waals surface area contributed by atoms with Gasteiger partial charge in [-0.3, -0.25) is 9.59 Å². The fourth-order valence-corrected chi connectivity index (χ4v) is 4.41. The van der Waals surface area contributed by atoms with E-state index >= 15 is 0 Å². The molecule has 1 aliphatic rings. The van der Waals surface area contributed by atoms with Gasteiger partial charge in [0.1, 0.15) is 11.5 Å². The van der Waals surface area contributed by atoms with Crippen LogP contribution < -0.4 is 20.1 Å². The van der Waals surface area contributed by atoms with E-state index in [9.17, 15) is 9.59 Å². The monoisotopic (exact) mass is 485 g/mol. The van der Waals surface area contributed by atoms with Crippen molar-refractivity contribution in [1.29, 1.82) is 0 Å². The van der Waals surface area contributed by atoms with E-state index in [4.69, 9.17) is 21.1 Å². The van der Waals surface area contributed by atoms with E-state index in [-0.39, 0.29) is 17.9 Å². The van der Waals surface area contributed by atoms with Gasteiger partial charge in [0, 0.05) is 41.3 Å². The molecule has 3 aromatic rings. The summed E-state index contributed by atoms with van der Waals surface area (Å²) >= 11 is 7.23. The number of hydrogen-bond acceptors (Lipinski definition) is 6. The molecule has 2 amide bonds. The molecule has 0 spiro atoms. The quantitative estimate of drug-likeness (QED) is 0.427. The molecule has 4 rings (SSSR count). The van der Waals surface area contributed by atoms with Crippen molar-refractivity contribution in [2.45, 2.75) is 32.2 Å². The van der Waals surface area contributed by atoms with Gasteiger partial charge in [0.15, 0.2) is 5.13 Å². The maximum absolute atomic E-state index is 12.3. The Balaban J connectivity index is 1.32. The number of anilines is 1. The molecule has 0 bridgehead atoms. The molecule has 9 heteroatoms. The molecule has 172 valence electrons. The second-order valence-corrected chi connectivity index (χ2v) is 8.93. The molecule has 0 fully saturated rings. The van der Waals surface area contributed by atoms with Crippen LogP contribution in [0.4, 0.5) is 5.13 Å². The summed E-state index contributed by atoms with van der Waals surface area (Å²) in [5, 5.41) is 8.92. The van der Waals surface area contributed by atoms with Crippen LogP contribution >= 0.6 is 22.9 Å². The molecule has 0 radical (unpaired) electrons. The molecule has 1 atom stereocenters. The number of aromatic nitrogens is 1. The number of hydrogen-bond donors (Lipinski definition) is 2. The third kappa shape index (κ3) is 6.24. The van der Waals surface area contributed by atoms with Crippen molar-refractivity contribution in [2.75, 3.05) is 18.5 Å². The van der Waals surface area contributed by atoms with Crippen LogP contribution in [0.2, 0.25) is 5.02 Å². The van der Waals surface area contributed by atoms with Crippen molar-refractivity contribution in [3.05, 3.63) is 58.4 Å². The Hall–Kier alpha value is -3.10. The maximum atomic E-state index is 12.3. The van der Waals surface area contributed by atoms with Crippen LogP contribution in [0.1, 0.15) is 37.8 Å². The molecule has 0 saturated heterocycles. The van der Waals surface area contributed by atoms with Gasteiger partial charge in [0.25, 0.3) is 0 Å². The molecule has 1 aliphatic heterocycles. The van der Waals surface area contributed by atoms with Crippen LogP contribution in [0, 0.1) is 0 Å². The van der Waals surface area contributed by atoms with Crippen molar-refractivity contribution in [3.63, 3.8) is 0 Å². The fraction of sp³-hybridized carbons (Fsp3) is 0.292. The maximum Gasteiger partial charge on any atom is 0.226 e. The average Bonchev–Trinajstić information content (AvgIpc) is 3.26. The van der Waals surface area contributed by atoms with E-state index in [0.29, 0.717) is 36.2 Å². The highest BCUT2D eigenvalue weighted by Gasteiger charge is 2.23. The topological polar surface area (TPSA) is 89.6 Å². The zero-order chi connectivity index (χ0) is 23.2. The van der Waals surface area contributed by atoms with E-state index in [1.54, 1.807) is 24.3 Å². The zero-order valence-electron chi connectivity index (χ0n) is 18.1. The molecule has 2 heterocycles. The number of halogens is 1. The van der Waals surface area contributed by atoms with Gasteiger partial charge in [0.2, 0.25) is 11.8 Å². The molecule has 2 N–H and O–H groups in total. The highest BCUT2D eigenvalue weighted by molar-refractivity contribution is 7.14. The lowest BCUT2D eigenvalue weighted by atomic mass is 9.97. The minimum Gasteiger partial charge on any atom is -0.494 e. The molecule has 33 heavy (non-hydrogen) atoms. The standard InChI is InChI=1S/C24H24ClN3O4S/c1-15(29)26-20-10-12-32-22-9-4-16(13-19(20)22)21-14-33-24(27-21)28-23(30)3-2-11-31-18-7-5-17(25)6-8-18/h4-9,13-14,20H,2-3,10-12H2,1H3,(H,26,29)(H,27,28,30). The molecule has 0 saturated carbocycles. The van der Waals surface area contributed by atoms with Crippen molar-refractivity contribution in [3.8, 4) is 22.8 Å². The van der Waals surface area contributed by atoms with Crippen molar-refractivity contribution >= 4 is 39.9 Å². The van der Waals surface area contributed by atoms with Gasteiger partial charge in [-0.2, -0.15) is 0 Å². The number of nitrogens with zero attached hydrogens (tertiary/aromatic N) is 1. The second-order valence-electron chi connectivity index (χ2n) is 7.63. The first-order valence-corrected chi connectivity index (χ1v) is 11.9. The molecule has 1 unspecified atom stereocenters. The van der Waals surface area contributed by atoms with Crippen LogP contribution in [0.3, 0.4) is 0 Å². The number of benzene rings is 2. The average molecular weight is 486 g/mol. The van der Waals surface area contributed by atoms with Crippen molar-refractivity contribution in [2.24, 2.45) is 0 Å². The lowest BCUT2D eigenvalue weighted by molar-refractivity contribution is -0.120. The van der Waals surface area contributed by atoms with Gasteiger partial charge >= 0.3 is 0 Å². The summed E-state index contributed by atoms with van der Waals surface area (Å²) in [6, 6.07) is 12.9. The smallest absolute Gasteiger partial charge is 0.226 e. The van der Waals surface area contributed by atoms with E-state index in [1.165, 1.54) is 18.3 Å². The van der Waals surface area contributed by atoms with Gasteiger partial charge in [-0.05, 0) is 48.9 Å². The highest BCUT2D eigenvalue weighted by atomic mass is 35.5. The van der Waals surface area contributed by atoms with Crippen LogP contribution in [-0.2, 0) is 9.59 Å². The first kappa shape index (κ1) is 23.1. The Labute approximate surface area is 201 Å². The van der Waals surface area contributed by atoms with Gasteiger partial charge < -0.3 is 20.1 Å². The van der Waals surface area contributed by atoms with Crippen LogP contribution in [0.5, 0.6) is 11.5 Å². The van der Waals surface area contributed by atoms with E-state index in [0.717, 1.165) is 34.7 Å². The minimum atomic E-state index is -0.111. The van der Waals surface area contributed by atoms with Crippen LogP contribution in [0.25, 0.3) is 11.3 Å². The fourth-order valence-electron chi connectivity index (χ4n) is 3.55. The van der Waals surface area contributed by atoms with Gasteiger partial charge in [-0.1, -0.05) is 11.6 Å². The summed E-state index contributed by atoms with van der Waals surface area (Å²) in [6.45, 7) is 2.51. The number of nitrogens with one attached hydrogen (secondary N) is 2. The van der Waals surface area contributed by atoms with E-state index in [2.05, 4.69) is 15.6 Å². The van der Waals surface area contributed by atoms with E-state index in [1.807, 2.05) is 23.6 Å². The Bertz CT molecular complexity index is 1130. The molecule has 2 aromatic carbocycles. The van der Waals surface area contributed by atoms with Gasteiger partial charge in [-0.25, -0.2) is 4.98 Å². The zero-order valence-corrected chi connectivity index (χ0v) is 19.7. The molecular weight excluding hydrogens is 462 g/mol. The van der Waals surface area contributed by atoms with Crippen molar-refractivity contribution < 1.29 is 19.1 Å². The Morgan fingerprint density at radius 3 is 2.85 bits per heavy atom. The second kappa shape index (κ2) is 10.7. The van der Waals surface area contributed by atoms with Gasteiger partial charge in [0.05, 0.1) is 24.9 Å². The summed E-state index contributed by atoms with van der Waals surface area (Å²) in [4.78, 5) is 28.4. The number of carbonyl (C=O) groups is 2. The summed E-state index contributed by atoms with van der Waals surface area (Å²) in [6.07, 6.45) is 1.63. The molecule has 0 aliphatic carbocycles. The van der Waals surface area contributed by atoms with Gasteiger partial charge in [-0.15, -0.1) is 11.3 Å².